The third-order valence-corrected chi connectivity index (χ3v) is 7.81. The van der Waals surface area contributed by atoms with Crippen LogP contribution < -0.4 is 4.72 Å². The van der Waals surface area contributed by atoms with Crippen molar-refractivity contribution in [3.63, 3.8) is 0 Å². The molecule has 0 fully saturated rings. The lowest BCUT2D eigenvalue weighted by Gasteiger charge is -2.12. The van der Waals surface area contributed by atoms with Gasteiger partial charge in [-0.05, 0) is 49.2 Å². The minimum absolute atomic E-state index is 0.0578. The molecule has 0 atom stereocenters. The number of nitrogens with one attached hydrogen (secondary N) is 1. The molecule has 2 rings (SSSR count). The van der Waals surface area contributed by atoms with Gasteiger partial charge in [0.05, 0.1) is 9.92 Å². The first kappa shape index (κ1) is 29.6. The Hall–Kier alpha value is -1.64. The van der Waals surface area contributed by atoms with Crippen LogP contribution in [0.1, 0.15) is 80.1 Å². The molecule has 192 valence electrons. The number of halogens is 3. The first-order chi connectivity index (χ1) is 16.6. The van der Waals surface area contributed by atoms with Crippen LogP contribution in [-0.4, -0.2) is 31.8 Å². The number of ketones is 1. The molecule has 35 heavy (non-hydrogen) atoms. The van der Waals surface area contributed by atoms with Crippen molar-refractivity contribution >= 4 is 56.6 Å². The van der Waals surface area contributed by atoms with Crippen molar-refractivity contribution in [2.45, 2.75) is 69.1 Å². The molecular formula is C25H30Cl3NO5S. The van der Waals surface area contributed by atoms with Gasteiger partial charge in [-0.15, -0.1) is 0 Å². The molecule has 0 aliphatic rings. The van der Waals surface area contributed by atoms with Crippen molar-refractivity contribution in [2.24, 2.45) is 0 Å². The highest BCUT2D eigenvalue weighted by molar-refractivity contribution is 7.89. The van der Waals surface area contributed by atoms with E-state index >= 15 is 0 Å². The van der Waals surface area contributed by atoms with Gasteiger partial charge in [-0.25, -0.2) is 13.1 Å². The number of aliphatic carboxylic acids is 1. The smallest absolute Gasteiger partial charge is 0.303 e. The molecule has 0 saturated heterocycles. The lowest BCUT2D eigenvalue weighted by atomic mass is 10.0. The van der Waals surface area contributed by atoms with Gasteiger partial charge in [0.2, 0.25) is 10.0 Å². The van der Waals surface area contributed by atoms with Gasteiger partial charge in [0.15, 0.2) is 5.78 Å². The molecule has 6 nitrogen and oxygen atoms in total. The molecule has 0 saturated carbocycles. The predicted octanol–water partition coefficient (Wildman–Crippen LogP) is 7.14. The van der Waals surface area contributed by atoms with Crippen LogP contribution >= 0.6 is 34.8 Å². The number of carbonyl (C=O) groups is 2. The van der Waals surface area contributed by atoms with Gasteiger partial charge in [0, 0.05) is 34.1 Å². The Balaban J connectivity index is 1.84. The average Bonchev–Trinajstić information content (AvgIpc) is 2.79. The van der Waals surface area contributed by atoms with E-state index in [-0.39, 0.29) is 39.0 Å². The molecule has 0 aliphatic carbocycles. The third kappa shape index (κ3) is 10.1. The van der Waals surface area contributed by atoms with Gasteiger partial charge < -0.3 is 5.11 Å². The Morgan fingerprint density at radius 3 is 1.89 bits per heavy atom. The molecule has 0 aromatic heterocycles. The van der Waals surface area contributed by atoms with Crippen LogP contribution in [-0.2, 0) is 14.8 Å². The highest BCUT2D eigenvalue weighted by Gasteiger charge is 2.24. The van der Waals surface area contributed by atoms with Crippen LogP contribution in [0.5, 0.6) is 0 Å². The number of hydrogen-bond donors (Lipinski definition) is 2. The summed E-state index contributed by atoms with van der Waals surface area (Å²) >= 11 is 18.1. The predicted molar refractivity (Wildman–Crippen MR) is 140 cm³/mol. The first-order valence-corrected chi connectivity index (χ1v) is 14.2. The zero-order chi connectivity index (χ0) is 25.8. The molecule has 0 radical (unpaired) electrons. The van der Waals surface area contributed by atoms with Gasteiger partial charge in [-0.2, -0.15) is 0 Å². The van der Waals surface area contributed by atoms with Crippen molar-refractivity contribution in [3.05, 3.63) is 62.6 Å². The lowest BCUT2D eigenvalue weighted by molar-refractivity contribution is -0.137. The monoisotopic (exact) mass is 561 g/mol. The summed E-state index contributed by atoms with van der Waals surface area (Å²) in [6.07, 6.45) is 8.72. The number of carboxylic acid groups (broad SMARTS) is 1. The van der Waals surface area contributed by atoms with E-state index in [9.17, 15) is 18.0 Å². The molecule has 0 bridgehead atoms. The van der Waals surface area contributed by atoms with Crippen molar-refractivity contribution in [2.75, 3.05) is 6.54 Å². The van der Waals surface area contributed by atoms with Gasteiger partial charge in [-0.3, -0.25) is 9.59 Å². The zero-order valence-electron chi connectivity index (χ0n) is 19.4. The minimum Gasteiger partial charge on any atom is -0.481 e. The number of sulfonamides is 1. The summed E-state index contributed by atoms with van der Waals surface area (Å²) in [4.78, 5) is 23.4. The number of rotatable bonds is 16. The van der Waals surface area contributed by atoms with Crippen molar-refractivity contribution in [3.8, 4) is 0 Å². The van der Waals surface area contributed by atoms with E-state index in [4.69, 9.17) is 39.9 Å². The molecule has 0 heterocycles. The Morgan fingerprint density at radius 1 is 0.743 bits per heavy atom. The van der Waals surface area contributed by atoms with Crippen molar-refractivity contribution < 1.29 is 23.1 Å². The Kier molecular flexibility index (Phi) is 12.5. The van der Waals surface area contributed by atoms with Crippen molar-refractivity contribution in [1.82, 2.24) is 4.72 Å². The van der Waals surface area contributed by atoms with Crippen molar-refractivity contribution in [1.29, 1.82) is 0 Å². The van der Waals surface area contributed by atoms with E-state index in [1.54, 1.807) is 0 Å². The van der Waals surface area contributed by atoms with Gasteiger partial charge in [-0.1, -0.05) is 79.7 Å². The van der Waals surface area contributed by atoms with Gasteiger partial charge in [0.25, 0.3) is 0 Å². The number of carboxylic acids is 1. The molecule has 0 aliphatic heterocycles. The molecule has 2 aromatic rings. The van der Waals surface area contributed by atoms with E-state index < -0.39 is 21.8 Å². The van der Waals surface area contributed by atoms with E-state index in [0.29, 0.717) is 11.4 Å². The fourth-order valence-electron chi connectivity index (χ4n) is 3.66. The first-order valence-electron chi connectivity index (χ1n) is 11.6. The third-order valence-electron chi connectivity index (χ3n) is 5.51. The summed E-state index contributed by atoms with van der Waals surface area (Å²) in [7, 11) is -3.94. The molecule has 2 aromatic carbocycles. The molecule has 10 heteroatoms. The lowest BCUT2D eigenvalue weighted by Crippen LogP contribution is -2.26. The fourth-order valence-corrected chi connectivity index (χ4v) is 5.58. The largest absolute Gasteiger partial charge is 0.481 e. The van der Waals surface area contributed by atoms with Crippen LogP contribution in [0.3, 0.4) is 0 Å². The maximum absolute atomic E-state index is 13.1. The zero-order valence-corrected chi connectivity index (χ0v) is 22.4. The van der Waals surface area contributed by atoms with E-state index in [0.717, 1.165) is 51.4 Å². The van der Waals surface area contributed by atoms with Crippen LogP contribution in [0.15, 0.2) is 41.3 Å². The maximum atomic E-state index is 13.1. The Labute approximate surface area is 222 Å². The topological polar surface area (TPSA) is 101 Å². The summed E-state index contributed by atoms with van der Waals surface area (Å²) < 4.78 is 28.5. The fraction of sp³-hybridized carbons (Fsp3) is 0.440. The van der Waals surface area contributed by atoms with Gasteiger partial charge in [0.1, 0.15) is 0 Å². The van der Waals surface area contributed by atoms with E-state index in [1.807, 2.05) is 0 Å². The summed E-state index contributed by atoms with van der Waals surface area (Å²) in [6, 6.07) is 8.46. The number of hydrogen-bond acceptors (Lipinski definition) is 4. The minimum atomic E-state index is -3.94. The SMILES string of the molecule is O=C(O)CCCCCCCCCCCNS(=O)(=O)c1ccc(Cl)cc1C(=O)c1ccc(Cl)cc1Cl. The maximum Gasteiger partial charge on any atom is 0.303 e. The summed E-state index contributed by atoms with van der Waals surface area (Å²) in [5, 5.41) is 9.34. The molecule has 0 amide bonds. The standard InChI is InChI=1S/C25H30Cl3NO5S/c26-18-12-14-23(21(16-18)25(32)20-13-11-19(27)17-22(20)28)35(33,34)29-15-9-7-5-3-1-2-4-6-8-10-24(30)31/h11-14,16-17,29H,1-10,15H2,(H,30,31). The number of benzene rings is 2. The van der Waals surface area contributed by atoms with E-state index in [2.05, 4.69) is 4.72 Å². The highest BCUT2D eigenvalue weighted by atomic mass is 35.5. The molecule has 0 unspecified atom stereocenters. The molecule has 2 N–H and O–H groups in total. The molecular weight excluding hydrogens is 533 g/mol. The normalized spacial score (nSPS) is 11.5. The number of unbranched alkanes of at least 4 members (excludes halogenated alkanes) is 8. The Bertz CT molecular complexity index is 1120. The van der Waals surface area contributed by atoms with E-state index in [1.165, 1.54) is 36.4 Å². The number of carbonyl (C=O) groups excluding carboxylic acids is 1. The summed E-state index contributed by atoms with van der Waals surface area (Å²) in [5.41, 5.74) is 0.0780. The highest BCUT2D eigenvalue weighted by Crippen LogP contribution is 2.28. The molecule has 0 spiro atoms. The average molecular weight is 563 g/mol. The summed E-state index contributed by atoms with van der Waals surface area (Å²) in [6.45, 7) is 0.259. The second-order valence-electron chi connectivity index (χ2n) is 8.32. The Morgan fingerprint density at radius 2 is 1.29 bits per heavy atom. The van der Waals surface area contributed by atoms with Crippen LogP contribution in [0.2, 0.25) is 15.1 Å². The second kappa shape index (κ2) is 14.8. The van der Waals surface area contributed by atoms with Crippen LogP contribution in [0.4, 0.5) is 0 Å². The second-order valence-corrected chi connectivity index (χ2v) is 11.3. The van der Waals surface area contributed by atoms with Gasteiger partial charge >= 0.3 is 5.97 Å². The summed E-state index contributed by atoms with van der Waals surface area (Å²) in [5.74, 6) is -1.30. The quantitative estimate of drug-likeness (QED) is 0.167. The van der Waals surface area contributed by atoms with Crippen LogP contribution in [0.25, 0.3) is 0 Å². The van der Waals surface area contributed by atoms with Crippen LogP contribution in [0, 0.1) is 0 Å².